The average Bonchev–Trinajstić information content (AvgIpc) is 2.65. The number of ether oxygens (including phenoxy) is 1. The van der Waals surface area contributed by atoms with Crippen LogP contribution in [0.15, 0.2) is 24.3 Å². The van der Waals surface area contributed by atoms with Gasteiger partial charge in [-0.1, -0.05) is 12.1 Å². The highest BCUT2D eigenvalue weighted by Crippen LogP contribution is 2.24. The smallest absolute Gasteiger partial charge is 0.260 e. The van der Waals surface area contributed by atoms with E-state index in [1.165, 1.54) is 29.7 Å². The first-order valence-corrected chi connectivity index (χ1v) is 7.17. The molecule has 5 nitrogen and oxygen atoms in total. The molecule has 26 heavy (non-hydrogen) atoms. The molecule has 0 aromatic heterocycles. The number of carbonyl (C=O) groups is 1. The largest absolute Gasteiger partial charge is 0.489 e. The number of benzene rings is 2. The van der Waals surface area contributed by atoms with Crippen LogP contribution < -0.4 is 16.0 Å². The Bertz CT molecular complexity index is 786. The van der Waals surface area contributed by atoms with Gasteiger partial charge in [-0.15, -0.1) is 0 Å². The summed E-state index contributed by atoms with van der Waals surface area (Å²) in [6.07, 6.45) is 0.0876. The van der Waals surface area contributed by atoms with Crippen molar-refractivity contribution in [1.82, 2.24) is 5.48 Å². The van der Waals surface area contributed by atoms with Gasteiger partial charge in [0.05, 0.1) is 11.6 Å². The Morgan fingerprint density at radius 3 is 2.00 bits per heavy atom. The molecule has 0 saturated carbocycles. The highest BCUT2D eigenvalue weighted by atomic mass is 19.2. The third kappa shape index (κ3) is 4.09. The zero-order chi connectivity index (χ0) is 19.4. The lowest BCUT2D eigenvalue weighted by molar-refractivity contribution is -0.130. The number of hydrogen-bond donors (Lipinski definition) is 3. The average molecular weight is 376 g/mol. The molecule has 1 atom stereocenters. The molecule has 0 saturated heterocycles. The molecule has 1 amide bonds. The Balaban J connectivity index is 2.08. The minimum Gasteiger partial charge on any atom is -0.489 e. The SMILES string of the molecule is NC(Cc1ccc(OCc2c(F)c(F)c(F)c(F)c2F)cc1)C(=O)NO. The first kappa shape index (κ1) is 19.6. The van der Waals surface area contributed by atoms with Gasteiger partial charge in [-0.2, -0.15) is 0 Å². The predicted molar refractivity (Wildman–Crippen MR) is 78.6 cm³/mol. The van der Waals surface area contributed by atoms with E-state index in [4.69, 9.17) is 15.7 Å². The topological polar surface area (TPSA) is 84.6 Å². The lowest BCUT2D eigenvalue weighted by Gasteiger charge is -2.12. The van der Waals surface area contributed by atoms with Crippen molar-refractivity contribution in [1.29, 1.82) is 0 Å². The Labute approximate surface area is 144 Å². The summed E-state index contributed by atoms with van der Waals surface area (Å²) in [7, 11) is 0. The predicted octanol–water partition coefficient (Wildman–Crippen LogP) is 2.34. The fraction of sp³-hybridized carbons (Fsp3) is 0.188. The Morgan fingerprint density at radius 1 is 1.00 bits per heavy atom. The van der Waals surface area contributed by atoms with Gasteiger partial charge >= 0.3 is 0 Å². The molecule has 0 bridgehead atoms. The van der Waals surface area contributed by atoms with Gasteiger partial charge in [0.2, 0.25) is 5.82 Å². The first-order chi connectivity index (χ1) is 12.3. The second-order valence-corrected chi connectivity index (χ2v) is 5.27. The molecule has 0 fully saturated rings. The monoisotopic (exact) mass is 376 g/mol. The maximum absolute atomic E-state index is 13.5. The summed E-state index contributed by atoms with van der Waals surface area (Å²) >= 11 is 0. The van der Waals surface area contributed by atoms with Crippen LogP contribution >= 0.6 is 0 Å². The minimum absolute atomic E-state index is 0.0876. The van der Waals surface area contributed by atoms with E-state index >= 15 is 0 Å². The minimum atomic E-state index is -2.24. The Kier molecular flexibility index (Phi) is 6.11. The molecule has 0 aliphatic rings. The molecular weight excluding hydrogens is 363 g/mol. The van der Waals surface area contributed by atoms with Crippen molar-refractivity contribution in [3.63, 3.8) is 0 Å². The molecule has 2 rings (SSSR count). The summed E-state index contributed by atoms with van der Waals surface area (Å²) in [5.74, 6) is -10.9. The zero-order valence-corrected chi connectivity index (χ0v) is 13.0. The molecular formula is C16H13F5N2O3. The highest BCUT2D eigenvalue weighted by Gasteiger charge is 2.25. The number of nitrogens with two attached hydrogens (primary N) is 1. The number of amides is 1. The second-order valence-electron chi connectivity index (χ2n) is 5.27. The zero-order valence-electron chi connectivity index (χ0n) is 13.0. The summed E-state index contributed by atoms with van der Waals surface area (Å²) in [5.41, 5.74) is 6.43. The number of hydrogen-bond acceptors (Lipinski definition) is 4. The number of nitrogens with one attached hydrogen (secondary N) is 1. The number of hydroxylamine groups is 1. The van der Waals surface area contributed by atoms with E-state index in [-0.39, 0.29) is 12.2 Å². The summed E-state index contributed by atoms with van der Waals surface area (Å²) in [4.78, 5) is 11.1. The lowest BCUT2D eigenvalue weighted by Crippen LogP contribution is -2.40. The number of halogens is 5. The molecule has 10 heteroatoms. The van der Waals surface area contributed by atoms with Crippen molar-refractivity contribution in [2.24, 2.45) is 5.73 Å². The second kappa shape index (κ2) is 8.11. The molecule has 0 heterocycles. The summed E-state index contributed by atoms with van der Waals surface area (Å²) in [5, 5.41) is 8.47. The van der Waals surface area contributed by atoms with Crippen molar-refractivity contribution >= 4 is 5.91 Å². The van der Waals surface area contributed by atoms with Gasteiger partial charge in [-0.05, 0) is 24.1 Å². The van der Waals surface area contributed by atoms with E-state index in [9.17, 15) is 26.7 Å². The van der Waals surface area contributed by atoms with Crippen LogP contribution in [0.5, 0.6) is 5.75 Å². The van der Waals surface area contributed by atoms with Crippen LogP contribution in [-0.4, -0.2) is 17.2 Å². The van der Waals surface area contributed by atoms with E-state index in [1.54, 1.807) is 0 Å². The standard InChI is InChI=1S/C16H13F5N2O3/c17-11-9(12(18)14(20)15(21)13(11)19)6-26-8-3-1-7(2-4-8)5-10(22)16(24)23-25/h1-4,10,25H,5-6,22H2,(H,23,24). The van der Waals surface area contributed by atoms with E-state index in [0.29, 0.717) is 5.56 Å². The van der Waals surface area contributed by atoms with Crippen LogP contribution in [0.2, 0.25) is 0 Å². The normalized spacial score (nSPS) is 12.0. The van der Waals surface area contributed by atoms with E-state index in [2.05, 4.69) is 0 Å². The Morgan fingerprint density at radius 2 is 1.50 bits per heavy atom. The van der Waals surface area contributed by atoms with Crippen molar-refractivity contribution in [2.75, 3.05) is 0 Å². The Hall–Kier alpha value is -2.72. The molecule has 140 valence electrons. The summed E-state index contributed by atoms with van der Waals surface area (Å²) in [6.45, 7) is -0.877. The van der Waals surface area contributed by atoms with Gasteiger partial charge in [-0.3, -0.25) is 10.0 Å². The lowest BCUT2D eigenvalue weighted by atomic mass is 10.1. The van der Waals surface area contributed by atoms with Crippen LogP contribution in [0.25, 0.3) is 0 Å². The van der Waals surface area contributed by atoms with Crippen molar-refractivity contribution in [3.05, 3.63) is 64.5 Å². The van der Waals surface area contributed by atoms with Gasteiger partial charge in [0.1, 0.15) is 12.4 Å². The van der Waals surface area contributed by atoms with E-state index < -0.39 is 53.2 Å². The van der Waals surface area contributed by atoms with Crippen LogP contribution in [0.4, 0.5) is 22.0 Å². The molecule has 4 N–H and O–H groups in total. The summed E-state index contributed by atoms with van der Waals surface area (Å²) in [6, 6.07) is 4.70. The molecule has 1 unspecified atom stereocenters. The van der Waals surface area contributed by atoms with Crippen molar-refractivity contribution < 1.29 is 36.7 Å². The quantitative estimate of drug-likeness (QED) is 0.238. The molecule has 0 aliphatic carbocycles. The van der Waals surface area contributed by atoms with Gasteiger partial charge in [0.25, 0.3) is 5.91 Å². The fourth-order valence-electron chi connectivity index (χ4n) is 2.08. The fourth-order valence-corrected chi connectivity index (χ4v) is 2.08. The van der Waals surface area contributed by atoms with Crippen LogP contribution in [0.3, 0.4) is 0 Å². The van der Waals surface area contributed by atoms with Crippen LogP contribution in [-0.2, 0) is 17.8 Å². The number of carbonyl (C=O) groups excluding carboxylic acids is 1. The third-order valence-electron chi connectivity index (χ3n) is 3.51. The number of rotatable bonds is 6. The highest BCUT2D eigenvalue weighted by molar-refractivity contribution is 5.80. The molecule has 0 aliphatic heterocycles. The maximum Gasteiger partial charge on any atom is 0.260 e. The van der Waals surface area contributed by atoms with E-state index in [0.717, 1.165) is 0 Å². The third-order valence-corrected chi connectivity index (χ3v) is 3.51. The molecule has 2 aromatic carbocycles. The molecule has 0 spiro atoms. The van der Waals surface area contributed by atoms with Gasteiger partial charge in [0.15, 0.2) is 23.3 Å². The van der Waals surface area contributed by atoms with Gasteiger partial charge in [0, 0.05) is 0 Å². The van der Waals surface area contributed by atoms with Crippen molar-refractivity contribution in [2.45, 2.75) is 19.1 Å². The first-order valence-electron chi connectivity index (χ1n) is 7.17. The molecule has 2 aromatic rings. The van der Waals surface area contributed by atoms with E-state index in [1.807, 2.05) is 0 Å². The van der Waals surface area contributed by atoms with Crippen molar-refractivity contribution in [3.8, 4) is 5.75 Å². The molecule has 0 radical (unpaired) electrons. The van der Waals surface area contributed by atoms with Crippen LogP contribution in [0, 0.1) is 29.1 Å². The van der Waals surface area contributed by atoms with Gasteiger partial charge in [-0.25, -0.2) is 27.4 Å². The van der Waals surface area contributed by atoms with Crippen LogP contribution in [0.1, 0.15) is 11.1 Å². The van der Waals surface area contributed by atoms with Gasteiger partial charge < -0.3 is 10.5 Å². The maximum atomic E-state index is 13.5. The summed E-state index contributed by atoms with van der Waals surface area (Å²) < 4.78 is 71.3.